The van der Waals surface area contributed by atoms with Crippen LogP contribution in [0, 0.1) is 16.2 Å². The number of carbonyl (C=O) groups excluding carboxylic acids is 3. The van der Waals surface area contributed by atoms with Gasteiger partial charge in [0.2, 0.25) is 0 Å². The van der Waals surface area contributed by atoms with Crippen LogP contribution < -0.4 is 17.1 Å². The number of rotatable bonds is 42. The monoisotopic (exact) mass is 1030 g/mol. The van der Waals surface area contributed by atoms with Crippen molar-refractivity contribution in [3.8, 4) is 0 Å². The van der Waals surface area contributed by atoms with E-state index < -0.39 is 110 Å². The van der Waals surface area contributed by atoms with Crippen molar-refractivity contribution in [2.45, 2.75) is 116 Å². The lowest BCUT2D eigenvalue weighted by atomic mass is 9.88. The van der Waals surface area contributed by atoms with Crippen LogP contribution >= 0.6 is 0 Å². The quantitative estimate of drug-likeness (QED) is 0.0350. The fourth-order valence-electron chi connectivity index (χ4n) is 7.63. The number of ether oxygens (including phenoxy) is 15. The second-order valence-electron chi connectivity index (χ2n) is 19.7. The fraction of sp³-hybridized carbons (Fsp3) is 0.875. The van der Waals surface area contributed by atoms with Gasteiger partial charge in [-0.1, -0.05) is 40.0 Å². The maximum absolute atomic E-state index is 15.4. The smallest absolute Gasteiger partial charge is 0.336 e. The lowest BCUT2D eigenvalue weighted by Crippen LogP contribution is -2.62. The van der Waals surface area contributed by atoms with Crippen molar-refractivity contribution in [1.82, 2.24) is 13.7 Å². The van der Waals surface area contributed by atoms with Crippen LogP contribution in [0.3, 0.4) is 0 Å². The zero-order valence-corrected chi connectivity index (χ0v) is 42.1. The lowest BCUT2D eigenvalue weighted by molar-refractivity contribution is -0.168. The highest BCUT2D eigenvalue weighted by atomic mass is 16.6. The Balaban J connectivity index is 1.38. The summed E-state index contributed by atoms with van der Waals surface area (Å²) in [6, 6.07) is 0. The van der Waals surface area contributed by atoms with Gasteiger partial charge in [-0.25, -0.2) is 28.1 Å². The minimum Gasteiger partial charge on any atom is -0.465 e. The van der Waals surface area contributed by atoms with Gasteiger partial charge in [0.1, 0.15) is 52.9 Å². The van der Waals surface area contributed by atoms with E-state index in [0.717, 1.165) is 0 Å². The van der Waals surface area contributed by atoms with E-state index in [-0.39, 0.29) is 96.1 Å². The molecule has 1 aromatic heterocycles. The first kappa shape index (κ1) is 56.1. The zero-order valence-electron chi connectivity index (χ0n) is 42.1. The predicted octanol–water partition coefficient (Wildman–Crippen LogP) is -0.347. The molecule has 24 heteroatoms. The topological polar surface area (TPSA) is 275 Å². The Labute approximate surface area is 418 Å². The summed E-state index contributed by atoms with van der Waals surface area (Å²) in [5.74, 6) is -2.50. The number of hydrogen-bond donors (Lipinski definition) is 0. The molecular weight excluding hydrogens is 955 g/mol. The summed E-state index contributed by atoms with van der Waals surface area (Å²) in [6.07, 6.45) is 2.18. The Morgan fingerprint density at radius 3 is 0.764 bits per heavy atom. The highest BCUT2D eigenvalue weighted by Crippen LogP contribution is 2.30. The second-order valence-corrected chi connectivity index (χ2v) is 19.7. The Kier molecular flexibility index (Phi) is 21.2. The van der Waals surface area contributed by atoms with E-state index in [0.29, 0.717) is 91.9 Å². The number of aromatic nitrogens is 3. The van der Waals surface area contributed by atoms with Gasteiger partial charge in [0.05, 0.1) is 158 Å². The summed E-state index contributed by atoms with van der Waals surface area (Å²) in [7, 11) is 0. The molecule has 6 atom stereocenters. The molecule has 6 aliphatic heterocycles. The van der Waals surface area contributed by atoms with E-state index in [9.17, 15) is 14.4 Å². The summed E-state index contributed by atoms with van der Waals surface area (Å²) in [4.78, 5) is 90.1. The van der Waals surface area contributed by atoms with Crippen LogP contribution in [0.2, 0.25) is 0 Å². The van der Waals surface area contributed by atoms with Crippen molar-refractivity contribution >= 4 is 17.9 Å². The molecule has 0 amide bonds. The molecular formula is C48H75N3O21. The molecule has 0 spiro atoms. The number of esters is 3. The van der Waals surface area contributed by atoms with Gasteiger partial charge in [0.25, 0.3) is 0 Å². The van der Waals surface area contributed by atoms with Crippen LogP contribution in [0.5, 0.6) is 0 Å². The minimum absolute atomic E-state index is 0.00803. The first-order chi connectivity index (χ1) is 34.9. The van der Waals surface area contributed by atoms with Crippen molar-refractivity contribution in [1.29, 1.82) is 0 Å². The molecule has 6 unspecified atom stereocenters. The molecule has 24 nitrogen and oxygen atoms in total. The van der Waals surface area contributed by atoms with E-state index in [1.165, 1.54) is 0 Å². The van der Waals surface area contributed by atoms with Crippen LogP contribution in [0.1, 0.15) is 59.3 Å². The maximum atomic E-state index is 15.4. The molecule has 6 aliphatic rings. The molecule has 72 heavy (non-hydrogen) atoms. The molecule has 6 fully saturated rings. The number of carbonyl (C=O) groups is 3. The van der Waals surface area contributed by atoms with Gasteiger partial charge in [-0.3, -0.25) is 14.4 Å². The summed E-state index contributed by atoms with van der Waals surface area (Å²) >= 11 is 0. The number of hydrogen-bond acceptors (Lipinski definition) is 21. The molecule has 7 heterocycles. The number of epoxide rings is 6. The van der Waals surface area contributed by atoms with Gasteiger partial charge in [-0.2, -0.15) is 0 Å². The lowest BCUT2D eigenvalue weighted by Gasteiger charge is -2.34. The normalized spacial score (nSPS) is 24.9. The minimum atomic E-state index is -1.89. The van der Waals surface area contributed by atoms with Crippen molar-refractivity contribution in [2.75, 3.05) is 139 Å². The molecule has 0 saturated carbocycles. The van der Waals surface area contributed by atoms with Crippen LogP contribution in [-0.4, -0.2) is 207 Å². The second kappa shape index (κ2) is 27.2. The van der Waals surface area contributed by atoms with E-state index in [2.05, 4.69) is 0 Å². The molecule has 0 N–H and O–H groups in total. The Morgan fingerprint density at radius 2 is 0.597 bits per heavy atom. The van der Waals surface area contributed by atoms with Gasteiger partial charge in [-0.15, -0.1) is 0 Å². The fourth-order valence-corrected chi connectivity index (χ4v) is 7.63. The van der Waals surface area contributed by atoms with Gasteiger partial charge >= 0.3 is 35.0 Å². The molecule has 0 aliphatic carbocycles. The Hall–Kier alpha value is -3.66. The average molecular weight is 1030 g/mol. The van der Waals surface area contributed by atoms with E-state index in [1.54, 1.807) is 0 Å². The van der Waals surface area contributed by atoms with Gasteiger partial charge in [0.15, 0.2) is 0 Å². The van der Waals surface area contributed by atoms with Crippen LogP contribution in [0.25, 0.3) is 0 Å². The third kappa shape index (κ3) is 17.2. The highest BCUT2D eigenvalue weighted by molar-refractivity contribution is 5.78. The van der Waals surface area contributed by atoms with E-state index in [1.807, 2.05) is 20.8 Å². The predicted molar refractivity (Wildman–Crippen MR) is 247 cm³/mol. The summed E-state index contributed by atoms with van der Waals surface area (Å²) < 4.78 is 88.5. The van der Waals surface area contributed by atoms with Crippen LogP contribution in [-0.2, 0) is 105 Å². The van der Waals surface area contributed by atoms with Crippen molar-refractivity contribution in [3.63, 3.8) is 0 Å². The third-order valence-corrected chi connectivity index (χ3v) is 12.8. The van der Waals surface area contributed by atoms with Gasteiger partial charge < -0.3 is 71.1 Å². The molecule has 0 bridgehead atoms. The summed E-state index contributed by atoms with van der Waals surface area (Å²) in [5.41, 5.74) is -9.29. The van der Waals surface area contributed by atoms with Gasteiger partial charge in [-0.05, 0) is 19.3 Å². The molecule has 0 aromatic carbocycles. The summed E-state index contributed by atoms with van der Waals surface area (Å²) in [6.45, 7) is 4.23. The number of unbranched alkanes of at least 4 members (excludes halogenated alkanes) is 3. The van der Waals surface area contributed by atoms with Crippen molar-refractivity contribution in [3.05, 3.63) is 31.5 Å². The molecule has 6 saturated heterocycles. The molecule has 1 aromatic rings. The Morgan fingerprint density at radius 1 is 0.403 bits per heavy atom. The highest BCUT2D eigenvalue weighted by Gasteiger charge is 2.49. The first-order valence-electron chi connectivity index (χ1n) is 25.6. The van der Waals surface area contributed by atoms with Crippen LogP contribution in [0.4, 0.5) is 0 Å². The van der Waals surface area contributed by atoms with E-state index in [4.69, 9.17) is 71.1 Å². The summed E-state index contributed by atoms with van der Waals surface area (Å²) in [5, 5.41) is 0. The average Bonchev–Trinajstić information content (AvgIpc) is 4.15. The largest absolute Gasteiger partial charge is 0.465 e. The van der Waals surface area contributed by atoms with Crippen LogP contribution in [0.15, 0.2) is 14.4 Å². The Bertz CT molecular complexity index is 1760. The third-order valence-electron chi connectivity index (χ3n) is 12.8. The molecule has 7 rings (SSSR count). The number of nitrogens with zero attached hydrogens (tertiary/aromatic N) is 3. The zero-order chi connectivity index (χ0) is 51.0. The SMILES string of the molecule is CCCCOC(=O)C(COCC1CO1)(COCC1CO1)Cn1c(=O)n(CC(COCC2CO2)(COCC2CO2)C(=O)OCCCC)c(=O)n(CC(COCC2CO2)(COCC2CO2)C(=O)OCCCC)c1=O. The molecule has 0 radical (unpaired) electrons. The standard InChI is InChI=1S/C48H75N3O21/c1-4-7-10-64-40(52)46(28-58-13-34-19-67-34,29-59-14-35-20-68-35)25-49-43(55)50(26-47(30-60-15-36-21-69-36,31-61-16-37-22-70-37)41(53)65-11-8-5-2)45(57)51(44(49)56)27-48(32-62-17-38-23-71-38,33-63-18-39-24-72-39)42(54)66-12-9-6-3/h34-39H,4-33H2,1-3H3. The van der Waals surface area contributed by atoms with Gasteiger partial charge in [0, 0.05) is 0 Å². The first-order valence-corrected chi connectivity index (χ1v) is 25.6. The molecule has 408 valence electrons. The maximum Gasteiger partial charge on any atom is 0.336 e. The van der Waals surface area contributed by atoms with Crippen molar-refractivity contribution in [2.24, 2.45) is 16.2 Å². The van der Waals surface area contributed by atoms with E-state index >= 15 is 14.4 Å². The van der Waals surface area contributed by atoms with Crippen molar-refractivity contribution < 1.29 is 85.4 Å².